The van der Waals surface area contributed by atoms with Crippen molar-refractivity contribution in [3.8, 4) is 0 Å². The van der Waals surface area contributed by atoms with Gasteiger partial charge in [0.1, 0.15) is 0 Å². The molecule has 0 atom stereocenters. The summed E-state index contributed by atoms with van der Waals surface area (Å²) < 4.78 is 5.86. The SMILES string of the molecule is CCCO[Si](C)(C)C[SiH](C)C. The Hall–Kier alpha value is 0.394. The zero-order valence-corrected chi connectivity index (χ0v) is 10.8. The van der Waals surface area contributed by atoms with Crippen LogP contribution in [0.1, 0.15) is 13.3 Å². The van der Waals surface area contributed by atoms with Gasteiger partial charge in [0.15, 0.2) is 8.32 Å². The first-order chi connectivity index (χ1) is 4.98. The number of hydrogen-bond donors (Lipinski definition) is 0. The van der Waals surface area contributed by atoms with Gasteiger partial charge in [0.25, 0.3) is 0 Å². The highest BCUT2D eigenvalue weighted by molar-refractivity contribution is 6.83. The Morgan fingerprint density at radius 1 is 1.27 bits per heavy atom. The van der Waals surface area contributed by atoms with Crippen LogP contribution in [0.2, 0.25) is 31.9 Å². The third kappa shape index (κ3) is 6.78. The normalized spacial score (nSPS) is 12.5. The molecule has 0 bridgehead atoms. The Bertz CT molecular complexity index is 102. The fraction of sp³-hybridized carbons (Fsp3) is 1.00. The third-order valence-electron chi connectivity index (χ3n) is 1.60. The maximum absolute atomic E-state index is 5.86. The molecule has 1 nitrogen and oxygen atoms in total. The second-order valence-corrected chi connectivity index (χ2v) is 12.4. The van der Waals surface area contributed by atoms with Gasteiger partial charge >= 0.3 is 0 Å². The second kappa shape index (κ2) is 5.11. The summed E-state index contributed by atoms with van der Waals surface area (Å²) in [6.07, 6.45) is 1.16. The van der Waals surface area contributed by atoms with Crippen LogP contribution in [-0.4, -0.2) is 23.7 Å². The maximum Gasteiger partial charge on any atom is 0.183 e. The van der Waals surface area contributed by atoms with E-state index in [0.717, 1.165) is 13.0 Å². The molecular weight excluding hydrogens is 168 g/mol. The van der Waals surface area contributed by atoms with Crippen molar-refractivity contribution in [2.75, 3.05) is 6.61 Å². The van der Waals surface area contributed by atoms with Crippen molar-refractivity contribution in [1.29, 1.82) is 0 Å². The highest BCUT2D eigenvalue weighted by Gasteiger charge is 2.23. The van der Waals surface area contributed by atoms with Gasteiger partial charge in [-0.2, -0.15) is 0 Å². The minimum absolute atomic E-state index is 0.401. The van der Waals surface area contributed by atoms with E-state index in [1.807, 2.05) is 0 Å². The van der Waals surface area contributed by atoms with Crippen LogP contribution in [0.25, 0.3) is 0 Å². The first kappa shape index (κ1) is 11.4. The molecule has 0 fully saturated rings. The van der Waals surface area contributed by atoms with E-state index in [1.54, 1.807) is 0 Å². The molecule has 0 aromatic carbocycles. The summed E-state index contributed by atoms with van der Waals surface area (Å²) in [6, 6.07) is 0. The Morgan fingerprint density at radius 2 is 1.82 bits per heavy atom. The molecule has 0 aliphatic heterocycles. The second-order valence-electron chi connectivity index (χ2n) is 4.21. The van der Waals surface area contributed by atoms with E-state index < -0.39 is 17.1 Å². The molecule has 0 saturated carbocycles. The lowest BCUT2D eigenvalue weighted by molar-refractivity contribution is 0.309. The Labute approximate surface area is 73.9 Å². The molecule has 0 aliphatic rings. The summed E-state index contributed by atoms with van der Waals surface area (Å²) in [4.78, 5) is 0. The predicted octanol–water partition coefficient (Wildman–Crippen LogP) is 2.64. The van der Waals surface area contributed by atoms with E-state index in [-0.39, 0.29) is 0 Å². The zero-order chi connectivity index (χ0) is 8.91. The molecule has 0 N–H and O–H groups in total. The molecule has 0 saturated heterocycles. The number of rotatable bonds is 5. The van der Waals surface area contributed by atoms with Crippen LogP contribution in [0.3, 0.4) is 0 Å². The topological polar surface area (TPSA) is 9.23 Å². The molecule has 0 unspecified atom stereocenters. The quantitative estimate of drug-likeness (QED) is 0.606. The predicted molar refractivity (Wildman–Crippen MR) is 57.4 cm³/mol. The van der Waals surface area contributed by atoms with Crippen LogP contribution < -0.4 is 0 Å². The summed E-state index contributed by atoms with van der Waals surface area (Å²) in [7, 11) is -1.63. The first-order valence-corrected chi connectivity index (χ1v) is 10.9. The first-order valence-electron chi connectivity index (χ1n) is 4.62. The molecule has 0 heterocycles. The van der Waals surface area contributed by atoms with Crippen LogP contribution in [-0.2, 0) is 4.43 Å². The molecule has 0 aromatic rings. The smallest absolute Gasteiger partial charge is 0.183 e. The molecule has 0 aromatic heterocycles. The summed E-state index contributed by atoms with van der Waals surface area (Å²) in [6.45, 7) is 12.6. The Balaban J connectivity index is 3.61. The van der Waals surface area contributed by atoms with Gasteiger partial charge in [0.05, 0.1) is 0 Å². The van der Waals surface area contributed by atoms with Crippen molar-refractivity contribution in [1.82, 2.24) is 0 Å². The Kier molecular flexibility index (Phi) is 5.30. The van der Waals surface area contributed by atoms with E-state index in [9.17, 15) is 0 Å². The minimum atomic E-state index is -1.23. The molecule has 0 amide bonds. The highest BCUT2D eigenvalue weighted by atomic mass is 28.4. The molecule has 0 spiro atoms. The molecule has 68 valence electrons. The van der Waals surface area contributed by atoms with Gasteiger partial charge in [-0.05, 0) is 25.2 Å². The van der Waals surface area contributed by atoms with E-state index >= 15 is 0 Å². The molecule has 0 rings (SSSR count). The maximum atomic E-state index is 5.86. The van der Waals surface area contributed by atoms with Gasteiger partial charge in [-0.15, -0.1) is 0 Å². The van der Waals surface area contributed by atoms with E-state index in [4.69, 9.17) is 4.43 Å². The summed E-state index contributed by atoms with van der Waals surface area (Å²) >= 11 is 0. The fourth-order valence-corrected chi connectivity index (χ4v) is 10.5. The average Bonchev–Trinajstić information content (AvgIpc) is 1.81. The summed E-state index contributed by atoms with van der Waals surface area (Å²) in [5.41, 5.74) is 1.42. The lowest BCUT2D eigenvalue weighted by Gasteiger charge is -2.23. The van der Waals surface area contributed by atoms with Crippen LogP contribution >= 0.6 is 0 Å². The van der Waals surface area contributed by atoms with Crippen molar-refractivity contribution in [3.05, 3.63) is 0 Å². The van der Waals surface area contributed by atoms with E-state index in [2.05, 4.69) is 33.1 Å². The largest absolute Gasteiger partial charge is 0.418 e. The molecule has 0 radical (unpaired) electrons. The highest BCUT2D eigenvalue weighted by Crippen LogP contribution is 2.13. The van der Waals surface area contributed by atoms with Crippen LogP contribution in [0, 0.1) is 0 Å². The van der Waals surface area contributed by atoms with Gasteiger partial charge in [-0.25, -0.2) is 0 Å². The number of hydrogen-bond acceptors (Lipinski definition) is 1. The molecule has 11 heavy (non-hydrogen) atoms. The summed E-state index contributed by atoms with van der Waals surface area (Å²) in [5, 5.41) is 0. The van der Waals surface area contributed by atoms with E-state index in [1.165, 1.54) is 5.67 Å². The Morgan fingerprint density at radius 3 is 2.18 bits per heavy atom. The van der Waals surface area contributed by atoms with Crippen molar-refractivity contribution >= 4 is 17.1 Å². The van der Waals surface area contributed by atoms with Gasteiger partial charge in [0, 0.05) is 15.4 Å². The lowest BCUT2D eigenvalue weighted by atomic mass is 10.5. The van der Waals surface area contributed by atoms with Crippen molar-refractivity contribution in [2.45, 2.75) is 45.2 Å². The van der Waals surface area contributed by atoms with Crippen molar-refractivity contribution in [3.63, 3.8) is 0 Å². The summed E-state index contributed by atoms with van der Waals surface area (Å²) in [5.74, 6) is 0. The monoisotopic (exact) mass is 190 g/mol. The molecule has 3 heteroatoms. The zero-order valence-electron chi connectivity index (χ0n) is 8.61. The van der Waals surface area contributed by atoms with E-state index in [0.29, 0.717) is 0 Å². The van der Waals surface area contributed by atoms with Crippen molar-refractivity contribution < 1.29 is 4.43 Å². The van der Waals surface area contributed by atoms with Crippen LogP contribution in [0.15, 0.2) is 0 Å². The van der Waals surface area contributed by atoms with Gasteiger partial charge in [-0.1, -0.05) is 20.0 Å². The fourth-order valence-electron chi connectivity index (χ4n) is 1.42. The lowest BCUT2D eigenvalue weighted by Crippen LogP contribution is -2.34. The third-order valence-corrected chi connectivity index (χ3v) is 9.78. The van der Waals surface area contributed by atoms with Gasteiger partial charge in [0.2, 0.25) is 0 Å². The van der Waals surface area contributed by atoms with Crippen molar-refractivity contribution in [2.24, 2.45) is 0 Å². The standard InChI is InChI=1S/C8H22OSi2/c1-6-7-9-11(4,5)8-10(2)3/h10H,6-8H2,1-5H3. The van der Waals surface area contributed by atoms with Crippen LogP contribution in [0.5, 0.6) is 0 Å². The average molecular weight is 190 g/mol. The van der Waals surface area contributed by atoms with Gasteiger partial charge in [-0.3, -0.25) is 0 Å². The van der Waals surface area contributed by atoms with Crippen LogP contribution in [0.4, 0.5) is 0 Å². The molecular formula is C8H22OSi2. The molecule has 0 aliphatic carbocycles. The van der Waals surface area contributed by atoms with Gasteiger partial charge < -0.3 is 4.43 Å². The minimum Gasteiger partial charge on any atom is -0.418 e.